The Morgan fingerprint density at radius 2 is 1.89 bits per heavy atom. The van der Waals surface area contributed by atoms with Crippen LogP contribution in [0.2, 0.25) is 0 Å². The number of nitrogens with zero attached hydrogens (tertiary/aromatic N) is 2. The molecule has 0 aliphatic heterocycles. The number of esters is 1. The Morgan fingerprint density at radius 3 is 2.39 bits per heavy atom. The van der Waals surface area contributed by atoms with E-state index < -0.39 is 40.5 Å². The van der Waals surface area contributed by atoms with Gasteiger partial charge in [0.2, 0.25) is 0 Å². The first-order valence-electron chi connectivity index (χ1n) is 8.39. The molecule has 154 valence electrons. The van der Waals surface area contributed by atoms with Crippen molar-refractivity contribution in [1.29, 1.82) is 5.26 Å². The molecule has 0 radical (unpaired) electrons. The van der Waals surface area contributed by atoms with Crippen molar-refractivity contribution >= 4 is 17.6 Å². The van der Waals surface area contributed by atoms with Crippen LogP contribution in [0, 0.1) is 11.3 Å². The number of ether oxygens (including phenoxy) is 1. The average molecular weight is 401 g/mol. The predicted molar refractivity (Wildman–Crippen MR) is 92.9 cm³/mol. The zero-order valence-electron chi connectivity index (χ0n) is 16.0. The Bertz CT molecular complexity index is 778. The van der Waals surface area contributed by atoms with Gasteiger partial charge >= 0.3 is 12.1 Å². The highest BCUT2D eigenvalue weighted by atomic mass is 19.4. The molecule has 0 aromatic carbocycles. The van der Waals surface area contributed by atoms with E-state index in [9.17, 15) is 27.9 Å². The van der Waals surface area contributed by atoms with Gasteiger partial charge in [-0.15, -0.1) is 0 Å². The number of aliphatic hydroxyl groups is 1. The summed E-state index contributed by atoms with van der Waals surface area (Å²) in [6.45, 7) is 6.29. The number of nitrogens with one attached hydrogen (secondary N) is 1. The second-order valence-corrected chi connectivity index (χ2v) is 7.40. The van der Waals surface area contributed by atoms with Gasteiger partial charge in [-0.1, -0.05) is 0 Å². The van der Waals surface area contributed by atoms with E-state index in [-0.39, 0.29) is 24.9 Å². The number of amides is 1. The number of aromatic nitrogens is 1. The van der Waals surface area contributed by atoms with Gasteiger partial charge in [-0.3, -0.25) is 9.59 Å². The van der Waals surface area contributed by atoms with Crippen LogP contribution in [0.1, 0.15) is 58.2 Å². The fourth-order valence-corrected chi connectivity index (χ4v) is 2.19. The molecule has 1 atom stereocenters. The Labute approximate surface area is 160 Å². The maximum absolute atomic E-state index is 12.9. The number of halogens is 3. The lowest BCUT2D eigenvalue weighted by molar-refractivity contribution is -0.155. The largest absolute Gasteiger partial charge is 0.460 e. The first-order valence-corrected chi connectivity index (χ1v) is 8.39. The molecule has 0 saturated heterocycles. The monoisotopic (exact) mass is 401 g/mol. The minimum atomic E-state index is -4.82. The maximum Gasteiger partial charge on any atom is 0.419 e. The number of carbonyl (C=O) groups excluding carboxylic acids is 2. The lowest BCUT2D eigenvalue weighted by Gasteiger charge is -2.23. The number of alkyl halides is 3. The van der Waals surface area contributed by atoms with Crippen LogP contribution in [0.15, 0.2) is 12.3 Å². The minimum absolute atomic E-state index is 0.0304. The number of anilines is 1. The highest BCUT2D eigenvalue weighted by Gasteiger charge is 2.36. The molecule has 28 heavy (non-hydrogen) atoms. The van der Waals surface area contributed by atoms with Crippen molar-refractivity contribution in [2.45, 2.75) is 64.3 Å². The Kier molecular flexibility index (Phi) is 7.15. The van der Waals surface area contributed by atoms with Gasteiger partial charge in [0.15, 0.2) is 5.69 Å². The lowest BCUT2D eigenvalue weighted by Crippen LogP contribution is -2.40. The SMILES string of the molecule is CC(C)(C)OC(=O)CCCC(C)(O)C(=O)Nc1cnc(C#N)c(C(F)(F)F)c1. The third-order valence-corrected chi connectivity index (χ3v) is 3.51. The highest BCUT2D eigenvalue weighted by Crippen LogP contribution is 2.32. The van der Waals surface area contributed by atoms with Gasteiger partial charge in [0.25, 0.3) is 5.91 Å². The molecule has 1 heterocycles. The van der Waals surface area contributed by atoms with Crippen molar-refractivity contribution < 1.29 is 32.6 Å². The molecule has 10 heteroatoms. The van der Waals surface area contributed by atoms with Gasteiger partial charge in [0.05, 0.1) is 17.4 Å². The fourth-order valence-electron chi connectivity index (χ4n) is 2.19. The van der Waals surface area contributed by atoms with E-state index in [4.69, 9.17) is 10.00 Å². The average Bonchev–Trinajstić information content (AvgIpc) is 2.52. The summed E-state index contributed by atoms with van der Waals surface area (Å²) in [6, 6.07) is 1.90. The van der Waals surface area contributed by atoms with E-state index in [0.29, 0.717) is 6.07 Å². The van der Waals surface area contributed by atoms with Crippen LogP contribution in [0.4, 0.5) is 18.9 Å². The molecule has 0 aliphatic rings. The second kappa shape index (κ2) is 8.56. The number of pyridine rings is 1. The van der Waals surface area contributed by atoms with Crippen molar-refractivity contribution in [2.24, 2.45) is 0 Å². The fraction of sp³-hybridized carbons (Fsp3) is 0.556. The minimum Gasteiger partial charge on any atom is -0.460 e. The third kappa shape index (κ3) is 7.15. The van der Waals surface area contributed by atoms with Gasteiger partial charge in [-0.2, -0.15) is 18.4 Å². The van der Waals surface area contributed by atoms with E-state index in [1.165, 1.54) is 13.0 Å². The quantitative estimate of drug-likeness (QED) is 0.708. The van der Waals surface area contributed by atoms with Gasteiger partial charge in [0.1, 0.15) is 17.3 Å². The van der Waals surface area contributed by atoms with E-state index in [1.807, 2.05) is 0 Å². The smallest absolute Gasteiger partial charge is 0.419 e. The molecule has 0 spiro atoms. The van der Waals surface area contributed by atoms with Gasteiger partial charge in [-0.25, -0.2) is 4.98 Å². The van der Waals surface area contributed by atoms with Crippen LogP contribution >= 0.6 is 0 Å². The number of rotatable bonds is 6. The van der Waals surface area contributed by atoms with Gasteiger partial charge in [0, 0.05) is 6.42 Å². The first-order chi connectivity index (χ1) is 12.7. The summed E-state index contributed by atoms with van der Waals surface area (Å²) >= 11 is 0. The molecular formula is C18H22F3N3O4. The standard InChI is InChI=1S/C18H22F3N3O4/c1-16(2,3)28-14(25)6-5-7-17(4,27)15(26)24-11-8-12(18(19,20)21)13(9-22)23-10-11/h8,10,27H,5-7H2,1-4H3,(H,24,26). The Balaban J connectivity index is 2.76. The van der Waals surface area contributed by atoms with Crippen molar-refractivity contribution in [1.82, 2.24) is 4.98 Å². The van der Waals surface area contributed by atoms with E-state index >= 15 is 0 Å². The molecule has 0 aliphatic carbocycles. The summed E-state index contributed by atoms with van der Waals surface area (Å²) in [5, 5.41) is 21.1. The topological polar surface area (TPSA) is 112 Å². The Morgan fingerprint density at radius 1 is 1.29 bits per heavy atom. The van der Waals surface area contributed by atoms with E-state index in [2.05, 4.69) is 10.3 Å². The maximum atomic E-state index is 12.9. The molecule has 1 amide bonds. The Hall–Kier alpha value is -2.67. The number of hydrogen-bond donors (Lipinski definition) is 2. The third-order valence-electron chi connectivity index (χ3n) is 3.51. The number of carbonyl (C=O) groups is 2. The van der Waals surface area contributed by atoms with Crippen LogP contribution < -0.4 is 5.32 Å². The van der Waals surface area contributed by atoms with Crippen LogP contribution in [0.3, 0.4) is 0 Å². The van der Waals surface area contributed by atoms with Crippen LogP contribution in [-0.2, 0) is 20.5 Å². The van der Waals surface area contributed by atoms with Crippen molar-refractivity contribution in [3.63, 3.8) is 0 Å². The molecule has 2 N–H and O–H groups in total. The summed E-state index contributed by atoms with van der Waals surface area (Å²) < 4.78 is 44.0. The zero-order valence-corrected chi connectivity index (χ0v) is 16.0. The van der Waals surface area contributed by atoms with Gasteiger partial charge in [-0.05, 0) is 46.6 Å². The zero-order chi connectivity index (χ0) is 21.8. The summed E-state index contributed by atoms with van der Waals surface area (Å²) in [5.74, 6) is -1.45. The molecule has 1 aromatic rings. The lowest BCUT2D eigenvalue weighted by atomic mass is 9.97. The summed E-state index contributed by atoms with van der Waals surface area (Å²) in [4.78, 5) is 27.2. The molecule has 0 bridgehead atoms. The van der Waals surface area contributed by atoms with Crippen molar-refractivity contribution in [3.8, 4) is 6.07 Å². The summed E-state index contributed by atoms with van der Waals surface area (Å²) in [7, 11) is 0. The predicted octanol–water partition coefficient (Wildman–Crippen LogP) is 3.17. The molecule has 1 aromatic heterocycles. The first kappa shape index (κ1) is 23.4. The molecule has 1 unspecified atom stereocenters. The van der Waals surface area contributed by atoms with Crippen LogP contribution in [-0.4, -0.2) is 33.2 Å². The normalized spacial score (nSPS) is 14.0. The summed E-state index contributed by atoms with van der Waals surface area (Å²) in [6.07, 6.45) is -3.95. The van der Waals surface area contributed by atoms with Crippen molar-refractivity contribution in [2.75, 3.05) is 5.32 Å². The molecule has 0 fully saturated rings. The molecule has 7 nitrogen and oxygen atoms in total. The molecule has 1 rings (SSSR count). The molecular weight excluding hydrogens is 379 g/mol. The van der Waals surface area contributed by atoms with Crippen molar-refractivity contribution in [3.05, 3.63) is 23.5 Å². The van der Waals surface area contributed by atoms with Crippen LogP contribution in [0.5, 0.6) is 0 Å². The highest BCUT2D eigenvalue weighted by molar-refractivity contribution is 5.96. The van der Waals surface area contributed by atoms with Gasteiger partial charge < -0.3 is 15.2 Å². The van der Waals surface area contributed by atoms with E-state index in [1.54, 1.807) is 20.8 Å². The summed E-state index contributed by atoms with van der Waals surface area (Å²) in [5.41, 5.74) is -5.03. The number of hydrogen-bond acceptors (Lipinski definition) is 6. The van der Waals surface area contributed by atoms with E-state index in [0.717, 1.165) is 6.20 Å². The molecule has 0 saturated carbocycles. The van der Waals surface area contributed by atoms with Crippen LogP contribution in [0.25, 0.3) is 0 Å². The number of nitriles is 1. The second-order valence-electron chi connectivity index (χ2n) is 7.40.